The highest BCUT2D eigenvalue weighted by Crippen LogP contribution is 1.95. The van der Waals surface area contributed by atoms with E-state index in [0.29, 0.717) is 6.42 Å². The number of hydrogen-bond acceptors (Lipinski definition) is 7. The summed E-state index contributed by atoms with van der Waals surface area (Å²) in [6.07, 6.45) is 13.3. The Kier molecular flexibility index (Phi) is 79.2. The Balaban J connectivity index is -0.000000106. The van der Waals surface area contributed by atoms with Gasteiger partial charge in [-0.3, -0.25) is 9.71 Å². The highest BCUT2D eigenvalue weighted by atomic mass is 33.4. The molecule has 0 radical (unpaired) electrons. The average Bonchev–Trinajstić information content (AvgIpc) is 2.86. The first kappa shape index (κ1) is 45.3. The van der Waals surface area contributed by atoms with Crippen molar-refractivity contribution < 1.29 is 4.79 Å². The highest BCUT2D eigenvalue weighted by molar-refractivity contribution is 8.70. The van der Waals surface area contributed by atoms with Gasteiger partial charge in [0.25, 0.3) is 0 Å². The monoisotopic (exact) mass is 647 g/mol. The van der Waals surface area contributed by atoms with Crippen molar-refractivity contribution in [2.45, 2.75) is 99.3 Å². The zero-order valence-corrected chi connectivity index (χ0v) is 29.3. The predicted molar refractivity (Wildman–Crippen MR) is 183 cm³/mol. The van der Waals surface area contributed by atoms with Crippen molar-refractivity contribution in [1.82, 2.24) is 4.72 Å². The molecule has 0 unspecified atom stereocenters. The molecule has 0 atom stereocenters. The van der Waals surface area contributed by atoms with Crippen LogP contribution >= 0.6 is 11.9 Å². The van der Waals surface area contributed by atoms with Crippen LogP contribution in [0.25, 0.3) is 0 Å². The first-order chi connectivity index (χ1) is 16.6. The van der Waals surface area contributed by atoms with Gasteiger partial charge in [0.15, 0.2) is 0 Å². The molecule has 0 aromatic carbocycles. The van der Waals surface area contributed by atoms with Crippen molar-refractivity contribution >= 4 is 100 Å². The van der Waals surface area contributed by atoms with Crippen LogP contribution in [0, 0.1) is 0 Å². The fraction of sp³-hybridized carbons (Fsp3) is 0.905. The Morgan fingerprint density at radius 2 is 1.32 bits per heavy atom. The SMILES string of the molecule is CCC=NCCCC.CCC=O.CCCCN.CCCCNSCCC.S=S=S=S=S=S=S=S. The molecule has 0 fully saturated rings. The number of carbonyl (C=O) groups is 1. The molecule has 0 heterocycles. The van der Waals surface area contributed by atoms with Crippen molar-refractivity contribution in [1.29, 1.82) is 0 Å². The third-order valence-corrected chi connectivity index (χ3v) is 15.0. The number of carbonyl (C=O) groups excluding carboxylic acids is 1. The summed E-state index contributed by atoms with van der Waals surface area (Å²) in [5, 5.41) is 0. The van der Waals surface area contributed by atoms with Crippen molar-refractivity contribution in [2.24, 2.45) is 10.7 Å². The Labute approximate surface area is 242 Å². The number of nitrogens with one attached hydrogen (secondary N) is 1. The molecular weight excluding hydrogens is 599 g/mol. The molecule has 0 saturated carbocycles. The zero-order chi connectivity index (χ0) is 27.0. The molecule has 0 aliphatic heterocycles. The van der Waals surface area contributed by atoms with Crippen molar-refractivity contribution in [3.8, 4) is 0 Å². The van der Waals surface area contributed by atoms with E-state index in [1.54, 1.807) is 35.5 Å². The molecule has 208 valence electrons. The van der Waals surface area contributed by atoms with Gasteiger partial charge >= 0.3 is 0 Å². The molecule has 3 N–H and O–H groups in total. The van der Waals surface area contributed by atoms with Crippen LogP contribution in [-0.4, -0.2) is 37.9 Å². The zero-order valence-electron chi connectivity index (χ0n) is 22.0. The van der Waals surface area contributed by atoms with Crippen LogP contribution in [0.5, 0.6) is 0 Å². The summed E-state index contributed by atoms with van der Waals surface area (Å²) in [7, 11) is 9.12. The van der Waals surface area contributed by atoms with Crippen molar-refractivity contribution in [2.75, 3.05) is 25.4 Å². The standard InChI is InChI=1S/C7H17NS.C7H15N.C4H11N.C3H6O.S8/c1-3-5-6-8-9-7-4-2;1-3-5-7-8-6-4-2;1-2-3-4-5;1-2-3-4;1-3-5-7-8-6-4-2/h8H,3-7H2,1-2H3;6H,3-5,7H2,1-2H3;2-5H2,1H3;3H,2H2,1H3;. The molecule has 34 heavy (non-hydrogen) atoms. The molecule has 0 aliphatic carbocycles. The number of unbranched alkanes of at least 4 members (excludes halogenated alkanes) is 3. The Morgan fingerprint density at radius 3 is 1.65 bits per heavy atom. The maximum atomic E-state index is 9.17. The topological polar surface area (TPSA) is 67.5 Å². The average molecular weight is 648 g/mol. The van der Waals surface area contributed by atoms with Crippen LogP contribution in [0.2, 0.25) is 0 Å². The van der Waals surface area contributed by atoms with Gasteiger partial charge in [0.05, 0.1) is 0 Å². The van der Waals surface area contributed by atoms with E-state index in [2.05, 4.69) is 66.7 Å². The van der Waals surface area contributed by atoms with Gasteiger partial charge in [0, 0.05) is 101 Å². The molecule has 13 heteroatoms. The van der Waals surface area contributed by atoms with E-state index >= 15 is 0 Å². The lowest BCUT2D eigenvalue weighted by Crippen LogP contribution is -2.05. The van der Waals surface area contributed by atoms with E-state index in [1.165, 1.54) is 75.0 Å². The molecule has 0 saturated heterocycles. The van der Waals surface area contributed by atoms with Crippen LogP contribution in [0.15, 0.2) is 4.99 Å². The lowest BCUT2D eigenvalue weighted by atomic mass is 10.3. The summed E-state index contributed by atoms with van der Waals surface area (Å²) in [4.78, 5) is 13.3. The largest absolute Gasteiger partial charge is 0.330 e. The maximum absolute atomic E-state index is 9.17. The number of aldehydes is 1. The molecule has 0 aromatic rings. The predicted octanol–water partition coefficient (Wildman–Crippen LogP) is 6.02. The lowest BCUT2D eigenvalue weighted by molar-refractivity contribution is -0.107. The Morgan fingerprint density at radius 1 is 0.794 bits per heavy atom. The van der Waals surface area contributed by atoms with Crippen LogP contribution in [0.3, 0.4) is 0 Å². The summed E-state index contributed by atoms with van der Waals surface area (Å²) in [5.41, 5.74) is 5.14. The molecule has 0 aliphatic rings. The molecule has 0 amide bonds. The van der Waals surface area contributed by atoms with Crippen LogP contribution < -0.4 is 10.5 Å². The highest BCUT2D eigenvalue weighted by Gasteiger charge is 1.83. The minimum atomic E-state index is 0.639. The van der Waals surface area contributed by atoms with Crippen LogP contribution in [-0.2, 0) is 80.5 Å². The quantitative estimate of drug-likeness (QED) is 0.110. The van der Waals surface area contributed by atoms with Gasteiger partial charge < -0.3 is 10.5 Å². The summed E-state index contributed by atoms with van der Waals surface area (Å²) in [6.45, 7) is 15.7. The smallest absolute Gasteiger partial charge is 0.119 e. The van der Waals surface area contributed by atoms with Gasteiger partial charge in [-0.05, 0) is 44.9 Å². The first-order valence-electron chi connectivity index (χ1n) is 11.8. The van der Waals surface area contributed by atoms with Gasteiger partial charge in [-0.25, -0.2) is 0 Å². The summed E-state index contributed by atoms with van der Waals surface area (Å²) >= 11 is 11.1. The van der Waals surface area contributed by atoms with E-state index in [0.717, 1.165) is 25.8 Å². The molecule has 4 nitrogen and oxygen atoms in total. The summed E-state index contributed by atoms with van der Waals surface area (Å²) in [6, 6.07) is 0. The minimum absolute atomic E-state index is 0.639. The fourth-order valence-corrected chi connectivity index (χ4v) is 12.8. The van der Waals surface area contributed by atoms with Crippen LogP contribution in [0.1, 0.15) is 99.3 Å². The van der Waals surface area contributed by atoms with Crippen molar-refractivity contribution in [3.63, 3.8) is 0 Å². The number of hydrogen-bond donors (Lipinski definition) is 2. The number of rotatable bonds is 13. The second-order valence-electron chi connectivity index (χ2n) is 6.07. The molecule has 0 spiro atoms. The van der Waals surface area contributed by atoms with Gasteiger partial charge in [-0.1, -0.05) is 72.8 Å². The molecular formula is C21H49N3OS9. The van der Waals surface area contributed by atoms with E-state index in [4.69, 9.17) is 5.73 Å². The van der Waals surface area contributed by atoms with Crippen LogP contribution in [0.4, 0.5) is 0 Å². The van der Waals surface area contributed by atoms with E-state index in [1.807, 2.05) is 25.1 Å². The van der Waals surface area contributed by atoms with Gasteiger partial charge in [-0.2, -0.15) is 0 Å². The number of aliphatic imine (C=N–C) groups is 1. The fourth-order valence-electron chi connectivity index (χ4n) is 1.21. The van der Waals surface area contributed by atoms with Gasteiger partial charge in [0.2, 0.25) is 0 Å². The third kappa shape index (κ3) is 84.3. The first-order valence-corrected chi connectivity index (χ1v) is 22.1. The van der Waals surface area contributed by atoms with Gasteiger partial charge in [-0.15, -0.1) is 0 Å². The Bertz CT molecular complexity index is 577. The molecule has 0 bridgehead atoms. The Hall–Kier alpha value is 1.37. The molecule has 0 aromatic heterocycles. The van der Waals surface area contributed by atoms with Gasteiger partial charge in [0.1, 0.15) is 6.29 Å². The van der Waals surface area contributed by atoms with E-state index < -0.39 is 0 Å². The maximum Gasteiger partial charge on any atom is 0.119 e. The lowest BCUT2D eigenvalue weighted by Gasteiger charge is -1.99. The third-order valence-electron chi connectivity index (χ3n) is 2.86. The number of nitrogens with two attached hydrogens (primary N) is 1. The summed E-state index contributed by atoms with van der Waals surface area (Å²) < 4.78 is 3.30. The second-order valence-corrected chi connectivity index (χ2v) is 17.7. The number of nitrogens with zero attached hydrogens (tertiary/aromatic N) is 1. The van der Waals surface area contributed by atoms with E-state index in [9.17, 15) is 4.79 Å². The second kappa shape index (κ2) is 59.5. The minimum Gasteiger partial charge on any atom is -0.330 e. The van der Waals surface area contributed by atoms with E-state index in [-0.39, 0.29) is 0 Å². The summed E-state index contributed by atoms with van der Waals surface area (Å²) in [5.74, 6) is 1.24. The normalized spacial score (nSPS) is 8.68. The van der Waals surface area contributed by atoms with Crippen molar-refractivity contribution in [3.05, 3.63) is 0 Å². The molecule has 0 rings (SSSR count).